The molecular formula is C7H10N4OS. The summed E-state index contributed by atoms with van der Waals surface area (Å²) < 4.78 is 0. The van der Waals surface area contributed by atoms with Crippen LogP contribution in [0.3, 0.4) is 0 Å². The van der Waals surface area contributed by atoms with Gasteiger partial charge >= 0.3 is 0 Å². The first kappa shape index (κ1) is 9.79. The van der Waals surface area contributed by atoms with Crippen molar-refractivity contribution in [1.82, 2.24) is 15.2 Å². The van der Waals surface area contributed by atoms with Crippen LogP contribution in [0.4, 0.5) is 5.95 Å². The highest BCUT2D eigenvalue weighted by atomic mass is 32.2. The molecule has 6 heteroatoms. The van der Waals surface area contributed by atoms with Gasteiger partial charge in [-0.3, -0.25) is 10.1 Å². The number of aromatic nitrogens is 3. The third kappa shape index (κ3) is 3.75. The van der Waals surface area contributed by atoms with E-state index in [1.807, 2.05) is 0 Å². The minimum atomic E-state index is -0.0939. The Morgan fingerprint density at radius 2 is 2.69 bits per heavy atom. The Balaban J connectivity index is 2.22. The maximum absolute atomic E-state index is 11.1. The van der Waals surface area contributed by atoms with E-state index in [-0.39, 0.29) is 5.91 Å². The van der Waals surface area contributed by atoms with E-state index in [1.165, 1.54) is 18.1 Å². The topological polar surface area (TPSA) is 70.7 Å². The largest absolute Gasteiger partial charge is 0.294 e. The summed E-state index contributed by atoms with van der Waals surface area (Å²) in [7, 11) is 0. The zero-order valence-corrected chi connectivity index (χ0v) is 7.80. The molecule has 1 heterocycles. The van der Waals surface area contributed by atoms with Crippen LogP contribution in [0, 0.1) is 0 Å². The Labute approximate surface area is 80.0 Å². The molecule has 0 atom stereocenters. The fourth-order valence-corrected chi connectivity index (χ4v) is 1.21. The number of H-pyrrole nitrogens is 1. The molecule has 2 N–H and O–H groups in total. The first-order chi connectivity index (χ1) is 6.33. The molecule has 0 aliphatic carbocycles. The molecule has 5 nitrogen and oxygen atoms in total. The summed E-state index contributed by atoms with van der Waals surface area (Å²) in [4.78, 5) is 14.9. The van der Waals surface area contributed by atoms with E-state index in [0.717, 1.165) is 5.75 Å². The molecule has 0 aliphatic heterocycles. The van der Waals surface area contributed by atoms with E-state index in [0.29, 0.717) is 11.7 Å². The Morgan fingerprint density at radius 1 is 1.85 bits per heavy atom. The highest BCUT2D eigenvalue weighted by Gasteiger charge is 2.02. The number of nitrogens with one attached hydrogen (secondary N) is 2. The number of rotatable bonds is 5. The third-order valence-corrected chi connectivity index (χ3v) is 2.08. The molecule has 0 aromatic carbocycles. The van der Waals surface area contributed by atoms with Crippen LogP contribution in [0.15, 0.2) is 19.0 Å². The van der Waals surface area contributed by atoms with Crippen molar-refractivity contribution in [3.05, 3.63) is 19.0 Å². The molecule has 0 spiro atoms. The van der Waals surface area contributed by atoms with Gasteiger partial charge in [-0.15, -0.1) is 18.3 Å². The third-order valence-electron chi connectivity index (χ3n) is 1.14. The smallest absolute Gasteiger partial charge is 0.236 e. The average Bonchev–Trinajstić information content (AvgIpc) is 2.57. The van der Waals surface area contributed by atoms with Gasteiger partial charge in [0.25, 0.3) is 0 Å². The highest BCUT2D eigenvalue weighted by Crippen LogP contribution is 2.01. The summed E-state index contributed by atoms with van der Waals surface area (Å²) in [5.74, 6) is 1.45. The van der Waals surface area contributed by atoms with Crippen molar-refractivity contribution in [3.63, 3.8) is 0 Å². The number of amides is 1. The molecule has 0 unspecified atom stereocenters. The van der Waals surface area contributed by atoms with Crippen molar-refractivity contribution in [2.45, 2.75) is 0 Å². The van der Waals surface area contributed by atoms with Gasteiger partial charge in [0.2, 0.25) is 11.9 Å². The van der Waals surface area contributed by atoms with Crippen LogP contribution < -0.4 is 5.32 Å². The lowest BCUT2D eigenvalue weighted by molar-refractivity contribution is -0.113. The molecule has 0 bridgehead atoms. The van der Waals surface area contributed by atoms with Crippen LogP contribution in [0.2, 0.25) is 0 Å². The van der Waals surface area contributed by atoms with Crippen molar-refractivity contribution in [3.8, 4) is 0 Å². The number of aromatic amines is 1. The molecule has 1 aromatic heterocycles. The van der Waals surface area contributed by atoms with Gasteiger partial charge in [-0.25, -0.2) is 5.10 Å². The van der Waals surface area contributed by atoms with E-state index in [4.69, 9.17) is 0 Å². The molecule has 0 saturated carbocycles. The summed E-state index contributed by atoms with van der Waals surface area (Å²) in [5.41, 5.74) is 0. The Kier molecular flexibility index (Phi) is 4.04. The number of hydrogen-bond acceptors (Lipinski definition) is 4. The van der Waals surface area contributed by atoms with Gasteiger partial charge in [-0.1, -0.05) is 6.08 Å². The zero-order chi connectivity index (χ0) is 9.52. The Bertz CT molecular complexity index is 272. The van der Waals surface area contributed by atoms with Crippen molar-refractivity contribution >= 4 is 23.6 Å². The van der Waals surface area contributed by atoms with E-state index < -0.39 is 0 Å². The van der Waals surface area contributed by atoms with E-state index in [1.54, 1.807) is 6.08 Å². The second kappa shape index (κ2) is 5.36. The van der Waals surface area contributed by atoms with Gasteiger partial charge in [-0.05, 0) is 0 Å². The van der Waals surface area contributed by atoms with Crippen LogP contribution in [0.1, 0.15) is 0 Å². The fraction of sp³-hybridized carbons (Fsp3) is 0.286. The molecule has 0 radical (unpaired) electrons. The number of carbonyl (C=O) groups is 1. The molecule has 1 aromatic rings. The van der Waals surface area contributed by atoms with Crippen molar-refractivity contribution < 1.29 is 4.79 Å². The molecule has 1 rings (SSSR count). The van der Waals surface area contributed by atoms with Gasteiger partial charge in [0.15, 0.2) is 0 Å². The lowest BCUT2D eigenvalue weighted by Gasteiger charge is -1.98. The standard InChI is InChI=1S/C7H10N4OS/c1-2-3-13-4-6(12)10-7-8-5-9-11-7/h2,5H,1,3-4H2,(H2,8,9,10,11,12). The molecule has 70 valence electrons. The first-order valence-corrected chi connectivity index (χ1v) is 4.82. The van der Waals surface area contributed by atoms with Gasteiger partial charge < -0.3 is 0 Å². The fourth-order valence-electron chi connectivity index (χ4n) is 0.669. The highest BCUT2D eigenvalue weighted by molar-refractivity contribution is 8.00. The Morgan fingerprint density at radius 3 is 3.31 bits per heavy atom. The predicted octanol–water partition coefficient (Wildman–Crippen LogP) is 0.662. The summed E-state index contributed by atoms with van der Waals surface area (Å²) in [6.45, 7) is 3.55. The lowest BCUT2D eigenvalue weighted by Crippen LogP contribution is -2.15. The van der Waals surface area contributed by atoms with E-state index >= 15 is 0 Å². The molecule has 0 saturated heterocycles. The van der Waals surface area contributed by atoms with Gasteiger partial charge in [0, 0.05) is 5.75 Å². The van der Waals surface area contributed by atoms with E-state index in [2.05, 4.69) is 27.1 Å². The first-order valence-electron chi connectivity index (χ1n) is 3.67. The normalized spacial score (nSPS) is 9.54. The molecule has 0 aliphatic rings. The lowest BCUT2D eigenvalue weighted by atomic mass is 10.7. The molecular weight excluding hydrogens is 188 g/mol. The van der Waals surface area contributed by atoms with Crippen molar-refractivity contribution in [1.29, 1.82) is 0 Å². The number of hydrogen-bond donors (Lipinski definition) is 2. The van der Waals surface area contributed by atoms with Gasteiger partial charge in [0.05, 0.1) is 5.75 Å². The monoisotopic (exact) mass is 198 g/mol. The van der Waals surface area contributed by atoms with Gasteiger partial charge in [-0.2, -0.15) is 10.1 Å². The van der Waals surface area contributed by atoms with Crippen LogP contribution in [0.25, 0.3) is 0 Å². The van der Waals surface area contributed by atoms with Crippen LogP contribution in [-0.2, 0) is 4.79 Å². The van der Waals surface area contributed by atoms with Crippen molar-refractivity contribution in [2.75, 3.05) is 16.8 Å². The Hall–Kier alpha value is -1.30. The maximum atomic E-state index is 11.1. The number of thioether (sulfide) groups is 1. The molecule has 1 amide bonds. The molecule has 0 fully saturated rings. The average molecular weight is 198 g/mol. The predicted molar refractivity (Wildman–Crippen MR) is 52.5 cm³/mol. The maximum Gasteiger partial charge on any atom is 0.236 e. The molecule has 13 heavy (non-hydrogen) atoms. The summed E-state index contributed by atoms with van der Waals surface area (Å²) >= 11 is 1.49. The number of carbonyl (C=O) groups excluding carboxylic acids is 1. The second-order valence-corrected chi connectivity index (χ2v) is 3.22. The van der Waals surface area contributed by atoms with Crippen molar-refractivity contribution in [2.24, 2.45) is 0 Å². The van der Waals surface area contributed by atoms with E-state index in [9.17, 15) is 4.79 Å². The number of nitrogens with zero attached hydrogens (tertiary/aromatic N) is 2. The minimum absolute atomic E-state index is 0.0939. The van der Waals surface area contributed by atoms with Crippen LogP contribution >= 0.6 is 11.8 Å². The van der Waals surface area contributed by atoms with Crippen LogP contribution in [-0.4, -0.2) is 32.6 Å². The number of anilines is 1. The summed E-state index contributed by atoms with van der Waals surface area (Å²) in [6, 6.07) is 0. The second-order valence-electron chi connectivity index (χ2n) is 2.19. The summed E-state index contributed by atoms with van der Waals surface area (Å²) in [6.07, 6.45) is 3.10. The quantitative estimate of drug-likeness (QED) is 0.538. The minimum Gasteiger partial charge on any atom is -0.294 e. The SMILES string of the molecule is C=CCSCC(=O)Nc1ncn[nH]1. The summed E-state index contributed by atoms with van der Waals surface area (Å²) in [5, 5.41) is 8.69. The zero-order valence-electron chi connectivity index (χ0n) is 6.99. The van der Waals surface area contributed by atoms with Gasteiger partial charge in [0.1, 0.15) is 6.33 Å². The van der Waals surface area contributed by atoms with Crippen LogP contribution in [0.5, 0.6) is 0 Å².